The third kappa shape index (κ3) is 5.15. The van der Waals surface area contributed by atoms with Crippen molar-refractivity contribution in [3.63, 3.8) is 0 Å². The predicted molar refractivity (Wildman–Crippen MR) is 173 cm³/mol. The van der Waals surface area contributed by atoms with Crippen LogP contribution in [0.2, 0.25) is 0 Å². The molecule has 0 unspecified atom stereocenters. The predicted octanol–water partition coefficient (Wildman–Crippen LogP) is 5.18. The van der Waals surface area contributed by atoms with E-state index in [1.807, 2.05) is 41.6 Å². The Hall–Kier alpha value is -4.06. The number of fused-ring (bicyclic) bond motifs is 5. The second-order valence-electron chi connectivity index (χ2n) is 14.2. The topological polar surface area (TPSA) is 120 Å². The highest BCUT2D eigenvalue weighted by Gasteiger charge is 2.44. The molecule has 4 aliphatic rings. The minimum Gasteiger partial charge on any atom is -0.494 e. The lowest BCUT2D eigenvalue weighted by molar-refractivity contribution is -0.123. The molecular formula is C35H41F2N7O3. The standard InChI is InChI=1S/C35H41F2N7O3/c1-18-26-9-7-21-14-28(44(31(21)40-26)17-35(36,37)10-4-5-19-12-24(19)33(45)39-18)32-41-27-13-22(15-29(47-3)30(27)42(32)2)34(46)43-16-25(38)20-6-8-23(43)11-20/h7,9,13-15,18-20,23-25H,4-6,8,10-12,16-17,38H2,1-3H3,(H,39,45)/t18-,19-,20-,23+,24-,25+/m1/s1. The summed E-state index contributed by atoms with van der Waals surface area (Å²) >= 11 is 0. The van der Waals surface area contributed by atoms with Crippen LogP contribution >= 0.6 is 0 Å². The number of nitrogens with zero attached hydrogens (tertiary/aromatic N) is 5. The van der Waals surface area contributed by atoms with Crippen molar-refractivity contribution in [1.82, 2.24) is 29.3 Å². The molecule has 0 spiro atoms. The van der Waals surface area contributed by atoms with Gasteiger partial charge in [-0.2, -0.15) is 0 Å². The number of aryl methyl sites for hydroxylation is 1. The number of amides is 2. The van der Waals surface area contributed by atoms with Crippen molar-refractivity contribution in [1.29, 1.82) is 0 Å². The van der Waals surface area contributed by atoms with Gasteiger partial charge in [0.05, 0.1) is 36.6 Å². The Morgan fingerprint density at radius 3 is 2.74 bits per heavy atom. The van der Waals surface area contributed by atoms with Crippen molar-refractivity contribution in [2.24, 2.45) is 30.5 Å². The number of hydrogen-bond acceptors (Lipinski definition) is 6. The first kappa shape index (κ1) is 30.3. The van der Waals surface area contributed by atoms with E-state index in [1.54, 1.807) is 23.8 Å². The van der Waals surface area contributed by atoms with E-state index in [1.165, 1.54) is 0 Å². The minimum atomic E-state index is -3.00. The normalized spacial score (nSPS) is 28.7. The number of methoxy groups -OCH3 is 1. The molecule has 4 aromatic rings. The van der Waals surface area contributed by atoms with Crippen molar-refractivity contribution in [2.45, 2.75) is 82.5 Å². The van der Waals surface area contributed by atoms with Gasteiger partial charge >= 0.3 is 0 Å². The summed E-state index contributed by atoms with van der Waals surface area (Å²) in [5.74, 6) is -1.69. The van der Waals surface area contributed by atoms with Gasteiger partial charge in [0, 0.05) is 49.0 Å². The number of carbonyl (C=O) groups is 2. The molecule has 2 amide bonds. The number of imidazole rings is 1. The maximum absolute atomic E-state index is 15.7. The lowest BCUT2D eigenvalue weighted by atomic mass is 9.94. The van der Waals surface area contributed by atoms with Gasteiger partial charge in [0.2, 0.25) is 5.91 Å². The number of alkyl halides is 2. The van der Waals surface area contributed by atoms with Gasteiger partial charge in [-0.3, -0.25) is 9.59 Å². The van der Waals surface area contributed by atoms with Crippen LogP contribution < -0.4 is 15.8 Å². The van der Waals surface area contributed by atoms with Gasteiger partial charge in [-0.25, -0.2) is 18.7 Å². The number of nitrogens with two attached hydrogens (primary N) is 1. The van der Waals surface area contributed by atoms with E-state index < -0.39 is 12.5 Å². The largest absolute Gasteiger partial charge is 0.494 e. The number of halogens is 2. The van der Waals surface area contributed by atoms with Crippen molar-refractivity contribution in [2.75, 3.05) is 13.7 Å². The average Bonchev–Trinajstić information content (AvgIpc) is 3.38. The van der Waals surface area contributed by atoms with Gasteiger partial charge in [0.1, 0.15) is 16.9 Å². The number of hydrogen-bond donors (Lipinski definition) is 2. The van der Waals surface area contributed by atoms with Crippen LogP contribution in [0.15, 0.2) is 30.3 Å². The highest BCUT2D eigenvalue weighted by atomic mass is 19.3. The van der Waals surface area contributed by atoms with Gasteiger partial charge in [0.15, 0.2) is 5.82 Å². The van der Waals surface area contributed by atoms with E-state index in [9.17, 15) is 9.59 Å². The molecule has 3 N–H and O–H groups in total. The Morgan fingerprint density at radius 1 is 1.11 bits per heavy atom. The van der Waals surface area contributed by atoms with Crippen molar-refractivity contribution >= 4 is 33.9 Å². The Bertz CT molecular complexity index is 1920. The summed E-state index contributed by atoms with van der Waals surface area (Å²) in [4.78, 5) is 38.4. The third-order valence-corrected chi connectivity index (χ3v) is 11.1. The molecule has 6 atom stereocenters. The van der Waals surface area contributed by atoms with Gasteiger partial charge in [-0.15, -0.1) is 0 Å². The molecule has 2 saturated carbocycles. The zero-order chi connectivity index (χ0) is 32.8. The summed E-state index contributed by atoms with van der Waals surface area (Å²) in [5, 5.41) is 3.78. The Kier molecular flexibility index (Phi) is 7.09. The number of ether oxygens (including phenoxy) is 1. The van der Waals surface area contributed by atoms with Crippen molar-refractivity contribution in [3.05, 3.63) is 41.6 Å². The first-order valence-electron chi connectivity index (χ1n) is 16.8. The van der Waals surface area contributed by atoms with Crippen LogP contribution in [0.4, 0.5) is 8.78 Å². The van der Waals surface area contributed by atoms with Crippen LogP contribution in [0.5, 0.6) is 5.75 Å². The molecule has 5 heterocycles. The first-order valence-corrected chi connectivity index (χ1v) is 16.8. The van der Waals surface area contributed by atoms with Gasteiger partial charge in [0.25, 0.3) is 11.8 Å². The van der Waals surface area contributed by atoms with Crippen LogP contribution in [0.3, 0.4) is 0 Å². The molecule has 47 heavy (non-hydrogen) atoms. The summed E-state index contributed by atoms with van der Waals surface area (Å²) in [7, 11) is 3.38. The number of aromatic nitrogens is 4. The van der Waals surface area contributed by atoms with E-state index in [0.29, 0.717) is 75.9 Å². The molecule has 12 heteroatoms. The molecule has 2 aliphatic heterocycles. The molecule has 3 aromatic heterocycles. The fourth-order valence-corrected chi connectivity index (χ4v) is 8.37. The maximum atomic E-state index is 15.7. The number of piperidine rings is 1. The lowest BCUT2D eigenvalue weighted by Gasteiger charge is -2.37. The number of rotatable bonds is 3. The number of pyridine rings is 1. The van der Waals surface area contributed by atoms with E-state index in [-0.39, 0.29) is 48.2 Å². The van der Waals surface area contributed by atoms with Gasteiger partial charge < -0.3 is 29.8 Å². The van der Waals surface area contributed by atoms with E-state index >= 15 is 8.78 Å². The molecule has 248 valence electrons. The SMILES string of the molecule is COc1cc(C(=O)N2C[C@H](N)[C@@H]3CC[C@H]2C3)cc2nc(-c3cc4ccc5nc4n3CC(F)(F)CCC[C@@H]3C[C@H]3C(=O)N[C@@H]5C)n(C)c12. The molecule has 2 aliphatic carbocycles. The number of likely N-dealkylation sites (tertiary alicyclic amines) is 1. The van der Waals surface area contributed by atoms with E-state index in [2.05, 4.69) is 5.32 Å². The number of nitrogens with one attached hydrogen (secondary N) is 1. The molecular weight excluding hydrogens is 604 g/mol. The van der Waals surface area contributed by atoms with Crippen molar-refractivity contribution < 1.29 is 23.1 Å². The molecule has 10 nitrogen and oxygen atoms in total. The highest BCUT2D eigenvalue weighted by Crippen LogP contribution is 2.44. The smallest absolute Gasteiger partial charge is 0.265 e. The minimum absolute atomic E-state index is 0.0355. The Labute approximate surface area is 271 Å². The van der Waals surface area contributed by atoms with E-state index in [4.69, 9.17) is 20.4 Å². The zero-order valence-electron chi connectivity index (χ0n) is 27.0. The van der Waals surface area contributed by atoms with Crippen LogP contribution in [-0.4, -0.2) is 67.5 Å². The summed E-state index contributed by atoms with van der Waals surface area (Å²) in [6, 6.07) is 8.82. The quantitative estimate of drug-likeness (QED) is 0.317. The van der Waals surface area contributed by atoms with Gasteiger partial charge in [-0.1, -0.05) is 0 Å². The Balaban J connectivity index is 1.23. The summed E-state index contributed by atoms with van der Waals surface area (Å²) in [6.45, 7) is 1.84. The number of carbonyl (C=O) groups excluding carboxylic acids is 2. The van der Waals surface area contributed by atoms with Crippen LogP contribution in [0.1, 0.15) is 74.0 Å². The lowest BCUT2D eigenvalue weighted by Crippen LogP contribution is -2.51. The molecule has 1 aromatic carbocycles. The maximum Gasteiger partial charge on any atom is 0.265 e. The van der Waals surface area contributed by atoms with Gasteiger partial charge in [-0.05, 0) is 87.6 Å². The molecule has 1 saturated heterocycles. The summed E-state index contributed by atoms with van der Waals surface area (Å²) < 4.78 is 40.7. The Morgan fingerprint density at radius 2 is 1.94 bits per heavy atom. The summed E-state index contributed by atoms with van der Waals surface area (Å²) in [6.07, 6.45) is 4.34. The average molecular weight is 646 g/mol. The fraction of sp³-hybridized carbons (Fsp3) is 0.543. The monoisotopic (exact) mass is 645 g/mol. The second kappa shape index (κ2) is 11.0. The van der Waals surface area contributed by atoms with Crippen LogP contribution in [0.25, 0.3) is 33.6 Å². The van der Waals surface area contributed by atoms with Crippen molar-refractivity contribution in [3.8, 4) is 17.3 Å². The summed E-state index contributed by atoms with van der Waals surface area (Å²) in [5.41, 5.74) is 9.57. The molecule has 4 bridgehead atoms. The highest BCUT2D eigenvalue weighted by molar-refractivity contribution is 6.00. The fourth-order valence-electron chi connectivity index (χ4n) is 8.37. The van der Waals surface area contributed by atoms with Crippen LogP contribution in [0, 0.1) is 17.8 Å². The third-order valence-electron chi connectivity index (χ3n) is 11.1. The zero-order valence-corrected chi connectivity index (χ0v) is 27.0. The van der Waals surface area contributed by atoms with E-state index in [0.717, 1.165) is 25.7 Å². The van der Waals surface area contributed by atoms with Crippen LogP contribution in [-0.2, 0) is 18.4 Å². The second-order valence-corrected chi connectivity index (χ2v) is 14.2. The molecule has 3 fully saturated rings. The number of benzene rings is 1. The molecule has 0 radical (unpaired) electrons. The molecule has 8 rings (SSSR count). The first-order chi connectivity index (χ1) is 22.5.